The van der Waals surface area contributed by atoms with Gasteiger partial charge in [0.15, 0.2) is 0 Å². The Morgan fingerprint density at radius 2 is 2.36 bits per heavy atom. The van der Waals surface area contributed by atoms with Crippen LogP contribution >= 0.6 is 11.6 Å². The van der Waals surface area contributed by atoms with Crippen LogP contribution in [0.2, 0.25) is 5.02 Å². The van der Waals surface area contributed by atoms with Crippen molar-refractivity contribution in [2.24, 2.45) is 0 Å². The van der Waals surface area contributed by atoms with E-state index >= 15 is 0 Å². The molecule has 1 unspecified atom stereocenters. The Labute approximate surface area is 88.5 Å². The summed E-state index contributed by atoms with van der Waals surface area (Å²) in [6.07, 6.45) is 4.67. The van der Waals surface area contributed by atoms with Crippen molar-refractivity contribution in [1.29, 1.82) is 0 Å². The summed E-state index contributed by atoms with van der Waals surface area (Å²) in [6, 6.07) is 5.05. The highest BCUT2D eigenvalue weighted by Crippen LogP contribution is 2.29. The van der Waals surface area contributed by atoms with Crippen molar-refractivity contribution in [3.63, 3.8) is 0 Å². The van der Waals surface area contributed by atoms with Gasteiger partial charge in [-0.15, -0.1) is 12.3 Å². The van der Waals surface area contributed by atoms with Crippen molar-refractivity contribution >= 4 is 11.6 Å². The number of rotatable bonds is 3. The molecule has 1 N–H and O–H groups in total. The van der Waals surface area contributed by atoms with E-state index in [4.69, 9.17) is 22.8 Å². The number of aliphatic hydroxyl groups is 1. The van der Waals surface area contributed by atoms with Crippen LogP contribution in [0.4, 0.5) is 0 Å². The average molecular weight is 211 g/mol. The van der Waals surface area contributed by atoms with Gasteiger partial charge in [-0.2, -0.15) is 0 Å². The second kappa shape index (κ2) is 4.90. The van der Waals surface area contributed by atoms with Gasteiger partial charge in [0.2, 0.25) is 0 Å². The first-order valence-corrected chi connectivity index (χ1v) is 4.51. The second-order valence-electron chi connectivity index (χ2n) is 2.81. The highest BCUT2D eigenvalue weighted by atomic mass is 35.5. The number of methoxy groups -OCH3 is 1. The summed E-state index contributed by atoms with van der Waals surface area (Å²) in [5.41, 5.74) is 0.662. The molecule has 0 amide bonds. The normalized spacial score (nSPS) is 11.9. The van der Waals surface area contributed by atoms with E-state index in [-0.39, 0.29) is 6.42 Å². The van der Waals surface area contributed by atoms with Gasteiger partial charge in [0.05, 0.1) is 13.2 Å². The third kappa shape index (κ3) is 2.41. The van der Waals surface area contributed by atoms with Gasteiger partial charge in [-0.25, -0.2) is 0 Å². The van der Waals surface area contributed by atoms with Crippen LogP contribution < -0.4 is 4.74 Å². The zero-order valence-corrected chi connectivity index (χ0v) is 8.58. The van der Waals surface area contributed by atoms with Crippen LogP contribution in [-0.2, 0) is 0 Å². The van der Waals surface area contributed by atoms with E-state index < -0.39 is 6.10 Å². The fraction of sp³-hybridized carbons (Fsp3) is 0.273. The Balaban J connectivity index is 3.02. The number of benzene rings is 1. The molecule has 74 valence electrons. The molecule has 0 saturated carbocycles. The van der Waals surface area contributed by atoms with Gasteiger partial charge in [0.25, 0.3) is 0 Å². The Bertz CT molecular complexity index is 355. The minimum Gasteiger partial charge on any atom is -0.496 e. The topological polar surface area (TPSA) is 29.5 Å². The van der Waals surface area contributed by atoms with Crippen molar-refractivity contribution in [3.8, 4) is 18.1 Å². The van der Waals surface area contributed by atoms with E-state index in [2.05, 4.69) is 5.92 Å². The van der Waals surface area contributed by atoms with E-state index in [1.54, 1.807) is 18.2 Å². The third-order valence-corrected chi connectivity index (χ3v) is 2.10. The molecule has 0 heterocycles. The molecule has 1 aromatic rings. The first kappa shape index (κ1) is 10.9. The van der Waals surface area contributed by atoms with Crippen molar-refractivity contribution in [2.75, 3.05) is 7.11 Å². The number of halogens is 1. The van der Waals surface area contributed by atoms with Crippen LogP contribution in [0.3, 0.4) is 0 Å². The maximum absolute atomic E-state index is 9.66. The summed E-state index contributed by atoms with van der Waals surface area (Å²) in [4.78, 5) is 0. The molecule has 0 aromatic heterocycles. The Kier molecular flexibility index (Phi) is 3.82. The molecule has 3 heteroatoms. The van der Waals surface area contributed by atoms with Crippen molar-refractivity contribution in [3.05, 3.63) is 28.8 Å². The first-order valence-electron chi connectivity index (χ1n) is 4.14. The quantitative estimate of drug-likeness (QED) is 0.777. The molecule has 0 fully saturated rings. The largest absolute Gasteiger partial charge is 0.496 e. The molecule has 1 atom stereocenters. The van der Waals surface area contributed by atoms with Crippen LogP contribution in [0.25, 0.3) is 0 Å². The van der Waals surface area contributed by atoms with Gasteiger partial charge in [-0.05, 0) is 12.1 Å². The van der Waals surface area contributed by atoms with Crippen LogP contribution in [0.5, 0.6) is 5.75 Å². The smallest absolute Gasteiger partial charge is 0.126 e. The van der Waals surface area contributed by atoms with Crippen LogP contribution in [0.1, 0.15) is 18.1 Å². The molecule has 1 aromatic carbocycles. The predicted molar refractivity (Wildman–Crippen MR) is 56.4 cm³/mol. The van der Waals surface area contributed by atoms with Gasteiger partial charge in [0, 0.05) is 17.0 Å². The van der Waals surface area contributed by atoms with Crippen molar-refractivity contribution < 1.29 is 9.84 Å². The molecule has 0 aliphatic rings. The minimum atomic E-state index is -0.702. The Hall–Kier alpha value is -1.17. The second-order valence-corrected chi connectivity index (χ2v) is 3.25. The SMILES string of the molecule is C#CCC(O)c1ccc(Cl)cc1OC. The number of terminal acetylenes is 1. The lowest BCUT2D eigenvalue weighted by atomic mass is 10.1. The Morgan fingerprint density at radius 1 is 1.64 bits per heavy atom. The summed E-state index contributed by atoms with van der Waals surface area (Å²) in [5, 5.41) is 10.2. The van der Waals surface area contributed by atoms with Crippen molar-refractivity contribution in [2.45, 2.75) is 12.5 Å². The van der Waals surface area contributed by atoms with Crippen LogP contribution in [-0.4, -0.2) is 12.2 Å². The molecule has 0 bridgehead atoms. The molecule has 0 saturated heterocycles. The molecule has 2 nitrogen and oxygen atoms in total. The monoisotopic (exact) mass is 210 g/mol. The number of hydrogen-bond acceptors (Lipinski definition) is 2. The molecule has 0 aliphatic carbocycles. The minimum absolute atomic E-state index is 0.262. The van der Waals surface area contributed by atoms with Gasteiger partial charge in [-0.3, -0.25) is 0 Å². The lowest BCUT2D eigenvalue weighted by Gasteiger charge is -2.12. The summed E-state index contributed by atoms with van der Waals surface area (Å²) >= 11 is 5.78. The first-order chi connectivity index (χ1) is 6.69. The summed E-state index contributed by atoms with van der Waals surface area (Å²) in [7, 11) is 1.53. The van der Waals surface area contributed by atoms with Gasteiger partial charge >= 0.3 is 0 Å². The van der Waals surface area contributed by atoms with Crippen molar-refractivity contribution in [1.82, 2.24) is 0 Å². The number of ether oxygens (including phenoxy) is 1. The zero-order valence-electron chi connectivity index (χ0n) is 7.83. The fourth-order valence-electron chi connectivity index (χ4n) is 1.18. The van der Waals surface area contributed by atoms with E-state index in [1.165, 1.54) is 7.11 Å². The number of hydrogen-bond donors (Lipinski definition) is 1. The summed E-state index contributed by atoms with van der Waals surface area (Å²) in [5.74, 6) is 2.95. The van der Waals surface area contributed by atoms with Gasteiger partial charge in [0.1, 0.15) is 5.75 Å². The van der Waals surface area contributed by atoms with E-state index in [0.29, 0.717) is 16.3 Å². The molecule has 0 spiro atoms. The van der Waals surface area contributed by atoms with Crippen LogP contribution in [0.15, 0.2) is 18.2 Å². The molecule has 14 heavy (non-hydrogen) atoms. The summed E-state index contributed by atoms with van der Waals surface area (Å²) < 4.78 is 5.08. The maximum Gasteiger partial charge on any atom is 0.126 e. The average Bonchev–Trinajstić information content (AvgIpc) is 2.17. The van der Waals surface area contributed by atoms with E-state index in [1.807, 2.05) is 0 Å². The highest BCUT2D eigenvalue weighted by Gasteiger charge is 2.12. The summed E-state index contributed by atoms with van der Waals surface area (Å²) in [6.45, 7) is 0. The molecular formula is C11H11ClO2. The molecule has 1 rings (SSSR count). The Morgan fingerprint density at radius 3 is 2.93 bits per heavy atom. The van der Waals surface area contributed by atoms with E-state index in [9.17, 15) is 5.11 Å². The zero-order chi connectivity index (χ0) is 10.6. The molecule has 0 radical (unpaired) electrons. The maximum atomic E-state index is 9.66. The lowest BCUT2D eigenvalue weighted by Crippen LogP contribution is -1.99. The highest BCUT2D eigenvalue weighted by molar-refractivity contribution is 6.30. The van der Waals surface area contributed by atoms with Gasteiger partial charge in [-0.1, -0.05) is 17.7 Å². The van der Waals surface area contributed by atoms with Gasteiger partial charge < -0.3 is 9.84 Å². The molecular weight excluding hydrogens is 200 g/mol. The predicted octanol–water partition coefficient (Wildman–Crippen LogP) is 2.41. The van der Waals surface area contributed by atoms with Crippen LogP contribution in [0, 0.1) is 12.3 Å². The fourth-order valence-corrected chi connectivity index (χ4v) is 1.34. The third-order valence-electron chi connectivity index (χ3n) is 1.87. The lowest BCUT2D eigenvalue weighted by molar-refractivity contribution is 0.179. The number of aliphatic hydroxyl groups excluding tert-OH is 1. The molecule has 0 aliphatic heterocycles. The van der Waals surface area contributed by atoms with E-state index in [0.717, 1.165) is 0 Å². The standard InChI is InChI=1S/C11H11ClO2/c1-3-4-10(13)9-6-5-8(12)7-11(9)14-2/h1,5-7,10,13H,4H2,2H3.